The van der Waals surface area contributed by atoms with E-state index < -0.39 is 0 Å². The maximum absolute atomic E-state index is 12.8. The largest absolute Gasteiger partial charge is 0.311 e. The van der Waals surface area contributed by atoms with Crippen LogP contribution in [0.15, 0.2) is 78.0 Å². The molecule has 0 unspecified atom stereocenters. The zero-order chi connectivity index (χ0) is 19.2. The molecule has 0 N–H and O–H groups in total. The summed E-state index contributed by atoms with van der Waals surface area (Å²) in [5.74, 6) is 1.30. The van der Waals surface area contributed by atoms with Gasteiger partial charge in [0.25, 0.3) is 5.91 Å². The van der Waals surface area contributed by atoms with Crippen molar-refractivity contribution in [1.29, 1.82) is 0 Å². The van der Waals surface area contributed by atoms with E-state index in [-0.39, 0.29) is 5.91 Å². The third-order valence-corrected chi connectivity index (χ3v) is 5.54. The van der Waals surface area contributed by atoms with E-state index in [9.17, 15) is 4.79 Å². The SMILES string of the molecule is CC(C)c1cccc(N(C)C(=O)c2ccc(SCc3cccnc3)cc2)c1. The van der Waals surface area contributed by atoms with E-state index in [4.69, 9.17) is 0 Å². The minimum Gasteiger partial charge on any atom is -0.311 e. The van der Waals surface area contributed by atoms with E-state index in [0.717, 1.165) is 16.3 Å². The van der Waals surface area contributed by atoms with Crippen molar-refractivity contribution < 1.29 is 4.79 Å². The zero-order valence-corrected chi connectivity index (χ0v) is 16.7. The second-order valence-corrected chi connectivity index (χ2v) is 7.84. The molecule has 0 saturated heterocycles. The molecule has 3 nitrogen and oxygen atoms in total. The van der Waals surface area contributed by atoms with Gasteiger partial charge in [0.2, 0.25) is 0 Å². The van der Waals surface area contributed by atoms with Gasteiger partial charge < -0.3 is 4.90 Å². The number of benzene rings is 2. The summed E-state index contributed by atoms with van der Waals surface area (Å²) in [6.07, 6.45) is 3.66. The standard InChI is InChI=1S/C23H24N2OS/c1-17(2)20-7-4-8-21(14-20)25(3)23(26)19-9-11-22(12-10-19)27-16-18-6-5-13-24-15-18/h4-15,17H,16H2,1-3H3. The van der Waals surface area contributed by atoms with Crippen molar-refractivity contribution in [3.63, 3.8) is 0 Å². The highest BCUT2D eigenvalue weighted by Crippen LogP contribution is 2.25. The summed E-state index contributed by atoms with van der Waals surface area (Å²) >= 11 is 1.74. The Morgan fingerprint density at radius 1 is 1.07 bits per heavy atom. The normalized spacial score (nSPS) is 10.8. The summed E-state index contributed by atoms with van der Waals surface area (Å²) < 4.78 is 0. The lowest BCUT2D eigenvalue weighted by Gasteiger charge is -2.19. The van der Waals surface area contributed by atoms with Crippen LogP contribution >= 0.6 is 11.8 Å². The topological polar surface area (TPSA) is 33.2 Å². The molecule has 0 aliphatic heterocycles. The van der Waals surface area contributed by atoms with Gasteiger partial charge in [0.05, 0.1) is 0 Å². The average molecular weight is 377 g/mol. The first-order valence-electron chi connectivity index (χ1n) is 9.04. The van der Waals surface area contributed by atoms with Gasteiger partial charge in [-0.15, -0.1) is 11.8 Å². The molecule has 1 amide bonds. The number of aromatic nitrogens is 1. The summed E-state index contributed by atoms with van der Waals surface area (Å²) in [4.78, 5) is 19.8. The Bertz CT molecular complexity index is 892. The van der Waals surface area contributed by atoms with Crippen molar-refractivity contribution in [2.24, 2.45) is 0 Å². The van der Waals surface area contributed by atoms with E-state index in [1.165, 1.54) is 11.1 Å². The highest BCUT2D eigenvalue weighted by molar-refractivity contribution is 7.98. The lowest BCUT2D eigenvalue weighted by Crippen LogP contribution is -2.26. The van der Waals surface area contributed by atoms with Gasteiger partial charge in [-0.1, -0.05) is 32.0 Å². The molecule has 0 fully saturated rings. The van der Waals surface area contributed by atoms with Crippen LogP contribution in [-0.4, -0.2) is 17.9 Å². The molecule has 1 aromatic heterocycles. The molecule has 2 aromatic carbocycles. The second-order valence-electron chi connectivity index (χ2n) is 6.79. The van der Waals surface area contributed by atoms with Crippen LogP contribution in [0.2, 0.25) is 0 Å². The molecule has 3 rings (SSSR count). The van der Waals surface area contributed by atoms with E-state index in [1.54, 1.807) is 22.9 Å². The van der Waals surface area contributed by atoms with Gasteiger partial charge in [-0.25, -0.2) is 0 Å². The number of carbonyl (C=O) groups is 1. The zero-order valence-electron chi connectivity index (χ0n) is 15.9. The number of thioether (sulfide) groups is 1. The maximum atomic E-state index is 12.8. The van der Waals surface area contributed by atoms with Crippen LogP contribution in [0.5, 0.6) is 0 Å². The Morgan fingerprint density at radius 3 is 2.52 bits per heavy atom. The first kappa shape index (κ1) is 19.2. The number of pyridine rings is 1. The van der Waals surface area contributed by atoms with E-state index in [2.05, 4.69) is 37.0 Å². The molecule has 0 saturated carbocycles. The van der Waals surface area contributed by atoms with Gasteiger partial charge in [-0.3, -0.25) is 9.78 Å². The van der Waals surface area contributed by atoms with Crippen LogP contribution in [-0.2, 0) is 5.75 Å². The molecule has 3 aromatic rings. The number of anilines is 1. The van der Waals surface area contributed by atoms with Crippen molar-refractivity contribution in [2.45, 2.75) is 30.4 Å². The highest BCUT2D eigenvalue weighted by Gasteiger charge is 2.14. The monoisotopic (exact) mass is 376 g/mol. The molecular weight excluding hydrogens is 352 g/mol. The van der Waals surface area contributed by atoms with Crippen LogP contribution in [0.4, 0.5) is 5.69 Å². The van der Waals surface area contributed by atoms with Crippen LogP contribution < -0.4 is 4.90 Å². The fourth-order valence-corrected chi connectivity index (χ4v) is 3.58. The Morgan fingerprint density at radius 2 is 1.85 bits per heavy atom. The maximum Gasteiger partial charge on any atom is 0.258 e. The summed E-state index contributed by atoms with van der Waals surface area (Å²) in [5.41, 5.74) is 4.03. The first-order valence-corrected chi connectivity index (χ1v) is 10.0. The second kappa shape index (κ2) is 8.87. The van der Waals surface area contributed by atoms with Gasteiger partial charge in [0.1, 0.15) is 0 Å². The van der Waals surface area contributed by atoms with Crippen LogP contribution in [0.25, 0.3) is 0 Å². The predicted octanol–water partition coefficient (Wildman–Crippen LogP) is 5.77. The van der Waals surface area contributed by atoms with E-state index >= 15 is 0 Å². The number of hydrogen-bond donors (Lipinski definition) is 0. The number of rotatable bonds is 6. The predicted molar refractivity (Wildman–Crippen MR) is 114 cm³/mol. The molecule has 0 radical (unpaired) electrons. The quantitative estimate of drug-likeness (QED) is 0.512. The van der Waals surface area contributed by atoms with Crippen LogP contribution in [0, 0.1) is 0 Å². The van der Waals surface area contributed by atoms with Gasteiger partial charge in [-0.05, 0) is 59.5 Å². The molecular formula is C23H24N2OS. The van der Waals surface area contributed by atoms with Crippen molar-refractivity contribution in [3.8, 4) is 0 Å². The smallest absolute Gasteiger partial charge is 0.258 e. The Hall–Kier alpha value is -2.59. The van der Waals surface area contributed by atoms with Crippen LogP contribution in [0.1, 0.15) is 41.3 Å². The summed E-state index contributed by atoms with van der Waals surface area (Å²) in [7, 11) is 1.83. The average Bonchev–Trinajstić information content (AvgIpc) is 2.72. The third kappa shape index (κ3) is 4.98. The molecule has 0 atom stereocenters. The molecule has 0 bridgehead atoms. The lowest BCUT2D eigenvalue weighted by atomic mass is 10.0. The fraction of sp³-hybridized carbons (Fsp3) is 0.217. The summed E-state index contributed by atoms with van der Waals surface area (Å²) in [5, 5.41) is 0. The van der Waals surface area contributed by atoms with E-state index in [1.807, 2.05) is 55.7 Å². The molecule has 0 spiro atoms. The minimum absolute atomic E-state index is 0.000263. The van der Waals surface area contributed by atoms with E-state index in [0.29, 0.717) is 11.5 Å². The fourth-order valence-electron chi connectivity index (χ4n) is 2.75. The number of amides is 1. The molecule has 4 heteroatoms. The molecule has 27 heavy (non-hydrogen) atoms. The van der Waals surface area contributed by atoms with Crippen molar-refractivity contribution >= 4 is 23.4 Å². The highest BCUT2D eigenvalue weighted by atomic mass is 32.2. The van der Waals surface area contributed by atoms with Gasteiger partial charge in [0.15, 0.2) is 0 Å². The van der Waals surface area contributed by atoms with Gasteiger partial charge >= 0.3 is 0 Å². The third-order valence-electron chi connectivity index (χ3n) is 4.46. The Labute approximate surface area is 165 Å². The van der Waals surface area contributed by atoms with Gasteiger partial charge in [0, 0.05) is 41.3 Å². The minimum atomic E-state index is -0.000263. The first-order chi connectivity index (χ1) is 13.0. The van der Waals surface area contributed by atoms with Crippen molar-refractivity contribution in [3.05, 3.63) is 89.7 Å². The summed E-state index contributed by atoms with van der Waals surface area (Å²) in [6, 6.07) is 20.0. The molecule has 0 aliphatic carbocycles. The number of nitrogens with zero attached hydrogens (tertiary/aromatic N) is 2. The Kier molecular flexibility index (Phi) is 6.30. The van der Waals surface area contributed by atoms with Crippen molar-refractivity contribution in [1.82, 2.24) is 4.98 Å². The molecule has 1 heterocycles. The lowest BCUT2D eigenvalue weighted by molar-refractivity contribution is 0.0993. The molecule has 0 aliphatic rings. The summed E-state index contributed by atoms with van der Waals surface area (Å²) in [6.45, 7) is 4.31. The van der Waals surface area contributed by atoms with Crippen LogP contribution in [0.3, 0.4) is 0 Å². The number of carbonyl (C=O) groups excluding carboxylic acids is 1. The molecule has 138 valence electrons. The Balaban J connectivity index is 1.67. The van der Waals surface area contributed by atoms with Gasteiger partial charge in [-0.2, -0.15) is 0 Å². The van der Waals surface area contributed by atoms with Crippen molar-refractivity contribution in [2.75, 3.05) is 11.9 Å². The number of hydrogen-bond acceptors (Lipinski definition) is 3.